The molecule has 0 N–H and O–H groups in total. The number of hydrogen-bond donors (Lipinski definition) is 0. The maximum atomic E-state index is 12.0. The van der Waals surface area contributed by atoms with Crippen molar-refractivity contribution in [2.75, 3.05) is 16.4 Å². The van der Waals surface area contributed by atoms with E-state index in [1.807, 2.05) is 17.9 Å². The van der Waals surface area contributed by atoms with Gasteiger partial charge in [0.2, 0.25) is 5.91 Å². The second-order valence-electron chi connectivity index (χ2n) is 6.32. The van der Waals surface area contributed by atoms with Crippen LogP contribution in [0.2, 0.25) is 0 Å². The zero-order valence-electron chi connectivity index (χ0n) is 14.1. The lowest BCUT2D eigenvalue weighted by Gasteiger charge is -2.24. The van der Waals surface area contributed by atoms with E-state index in [9.17, 15) is 18.0 Å². The molecule has 0 saturated carbocycles. The van der Waals surface area contributed by atoms with Crippen LogP contribution in [0.5, 0.6) is 0 Å². The molecule has 0 aliphatic carbocycles. The molecule has 1 amide bonds. The Morgan fingerprint density at radius 2 is 2.08 bits per heavy atom. The van der Waals surface area contributed by atoms with Gasteiger partial charge in [-0.3, -0.25) is 9.59 Å². The topological polar surface area (TPSA) is 83.9 Å². The van der Waals surface area contributed by atoms with Crippen molar-refractivity contribution in [1.82, 2.24) is 0 Å². The predicted molar refractivity (Wildman–Crippen MR) is 100 cm³/mol. The fourth-order valence-corrected chi connectivity index (χ4v) is 7.05. The summed E-state index contributed by atoms with van der Waals surface area (Å²) in [5.74, 6) is -0.146. The molecule has 2 aliphatic rings. The van der Waals surface area contributed by atoms with Crippen molar-refractivity contribution in [3.8, 4) is 0 Å². The summed E-state index contributed by atoms with van der Waals surface area (Å²) < 4.78 is 24.1. The summed E-state index contributed by atoms with van der Waals surface area (Å²) in [6.45, 7) is 3.40. The highest BCUT2D eigenvalue weighted by Crippen LogP contribution is 2.41. The molecule has 0 radical (unpaired) electrons. The maximum absolute atomic E-state index is 12.0. The van der Waals surface area contributed by atoms with Gasteiger partial charge in [0, 0.05) is 22.9 Å². The minimum absolute atomic E-state index is 0.0377. The fourth-order valence-electron chi connectivity index (χ4n) is 3.12. The fraction of sp³-hybridized carbons (Fsp3) is 0.471. The number of anilines is 1. The third kappa shape index (κ3) is 3.79. The van der Waals surface area contributed by atoms with Gasteiger partial charge in [-0.05, 0) is 25.5 Å². The second kappa shape index (κ2) is 6.92. The maximum Gasteiger partial charge on any atom is 0.248 e. The Morgan fingerprint density at radius 1 is 1.32 bits per heavy atom. The van der Waals surface area contributed by atoms with Crippen LogP contribution >= 0.6 is 11.8 Å². The number of carbonyl (C=O) groups excluding carboxylic acids is 2. The quantitative estimate of drug-likeness (QED) is 0.745. The lowest BCUT2D eigenvalue weighted by molar-refractivity contribution is -0.117. The molecule has 0 bridgehead atoms. The van der Waals surface area contributed by atoms with Gasteiger partial charge in [-0.2, -0.15) is 4.99 Å². The molecule has 1 aromatic carbocycles. The average molecular weight is 380 g/mol. The first-order valence-corrected chi connectivity index (χ1v) is 10.9. The van der Waals surface area contributed by atoms with Gasteiger partial charge < -0.3 is 4.90 Å². The number of hydrogen-bond acceptors (Lipinski definition) is 5. The Labute approximate surface area is 151 Å². The molecule has 0 aromatic heterocycles. The van der Waals surface area contributed by atoms with E-state index in [0.29, 0.717) is 29.3 Å². The molecular weight excluding hydrogens is 360 g/mol. The molecule has 2 fully saturated rings. The smallest absolute Gasteiger partial charge is 0.248 e. The van der Waals surface area contributed by atoms with Crippen molar-refractivity contribution in [3.63, 3.8) is 0 Å². The van der Waals surface area contributed by atoms with E-state index >= 15 is 0 Å². The Bertz CT molecular complexity index is 848. The van der Waals surface area contributed by atoms with E-state index < -0.39 is 9.84 Å². The third-order valence-electron chi connectivity index (χ3n) is 4.28. The van der Waals surface area contributed by atoms with Crippen LogP contribution in [-0.4, -0.2) is 48.1 Å². The number of ketones is 1. The van der Waals surface area contributed by atoms with Gasteiger partial charge in [0.25, 0.3) is 0 Å². The van der Waals surface area contributed by atoms with Gasteiger partial charge in [-0.15, -0.1) is 0 Å². The van der Waals surface area contributed by atoms with Crippen LogP contribution in [0.15, 0.2) is 29.3 Å². The highest BCUT2D eigenvalue weighted by molar-refractivity contribution is 8.16. The number of fused-ring (bicyclic) bond motifs is 1. The first kappa shape index (κ1) is 18.1. The first-order chi connectivity index (χ1) is 11.8. The molecule has 2 atom stereocenters. The Morgan fingerprint density at radius 3 is 2.76 bits per heavy atom. The number of Topliss-reactive ketones (excluding diaryl/α,β-unsaturated/α-hetero) is 1. The minimum Gasteiger partial charge on any atom is -0.316 e. The molecule has 2 aliphatic heterocycles. The Kier molecular flexibility index (Phi) is 5.02. The Balaban J connectivity index is 2.02. The van der Waals surface area contributed by atoms with E-state index in [2.05, 4.69) is 4.99 Å². The molecule has 2 heterocycles. The molecule has 0 spiro atoms. The van der Waals surface area contributed by atoms with Crippen LogP contribution in [0.1, 0.15) is 37.0 Å². The summed E-state index contributed by atoms with van der Waals surface area (Å²) >= 11 is 1.35. The highest BCUT2D eigenvalue weighted by Gasteiger charge is 2.49. The molecule has 0 unspecified atom stereocenters. The van der Waals surface area contributed by atoms with Crippen LogP contribution < -0.4 is 4.90 Å². The zero-order chi connectivity index (χ0) is 18.2. The molecule has 6 nitrogen and oxygen atoms in total. The number of sulfone groups is 1. The largest absolute Gasteiger partial charge is 0.316 e. The number of amides is 1. The number of nitrogens with zero attached hydrogens (tertiary/aromatic N) is 2. The van der Waals surface area contributed by atoms with E-state index in [1.165, 1.54) is 18.7 Å². The van der Waals surface area contributed by atoms with Crippen molar-refractivity contribution in [2.24, 2.45) is 4.99 Å². The Hall–Kier alpha value is -1.67. The van der Waals surface area contributed by atoms with E-state index in [0.717, 1.165) is 0 Å². The van der Waals surface area contributed by atoms with Crippen LogP contribution in [0.25, 0.3) is 0 Å². The highest BCUT2D eigenvalue weighted by atomic mass is 32.2. The zero-order valence-corrected chi connectivity index (χ0v) is 15.8. The second-order valence-corrected chi connectivity index (χ2v) is 9.68. The van der Waals surface area contributed by atoms with E-state index in [1.54, 1.807) is 18.2 Å². The average Bonchev–Trinajstić information content (AvgIpc) is 2.98. The summed E-state index contributed by atoms with van der Waals surface area (Å²) in [6, 6.07) is 6.77. The summed E-state index contributed by atoms with van der Waals surface area (Å²) in [5, 5.41) is 0.392. The van der Waals surface area contributed by atoms with Gasteiger partial charge >= 0.3 is 0 Å². The van der Waals surface area contributed by atoms with Crippen molar-refractivity contribution >= 4 is 44.1 Å². The third-order valence-corrected chi connectivity index (χ3v) is 7.49. The van der Waals surface area contributed by atoms with Gasteiger partial charge in [0.1, 0.15) is 0 Å². The summed E-state index contributed by atoms with van der Waals surface area (Å²) in [7, 11) is -3.10. The van der Waals surface area contributed by atoms with Gasteiger partial charge in [-0.1, -0.05) is 30.8 Å². The van der Waals surface area contributed by atoms with Crippen molar-refractivity contribution < 1.29 is 18.0 Å². The van der Waals surface area contributed by atoms with Gasteiger partial charge in [-0.25, -0.2) is 8.42 Å². The monoisotopic (exact) mass is 380 g/mol. The summed E-state index contributed by atoms with van der Waals surface area (Å²) in [5.41, 5.74) is 1.25. The normalized spacial score (nSPS) is 26.0. The van der Waals surface area contributed by atoms with Gasteiger partial charge in [0.15, 0.2) is 20.8 Å². The molecule has 1 aromatic rings. The van der Waals surface area contributed by atoms with Crippen molar-refractivity contribution in [3.05, 3.63) is 29.8 Å². The molecule has 25 heavy (non-hydrogen) atoms. The molecule has 2 saturated heterocycles. The number of benzene rings is 1. The number of amidine groups is 1. The van der Waals surface area contributed by atoms with Crippen LogP contribution in [0, 0.1) is 0 Å². The number of rotatable bonds is 4. The van der Waals surface area contributed by atoms with Crippen molar-refractivity contribution in [2.45, 2.75) is 38.0 Å². The number of aliphatic imine (C=N–C) groups is 1. The lowest BCUT2D eigenvalue weighted by Crippen LogP contribution is -2.37. The summed E-state index contributed by atoms with van der Waals surface area (Å²) in [4.78, 5) is 29.7. The van der Waals surface area contributed by atoms with Gasteiger partial charge in [0.05, 0.1) is 17.5 Å². The number of thioether (sulfide) groups is 1. The standard InChI is InChI=1S/C17H20N2O4S2/c1-3-5-16(21)18-17-19(13-7-4-6-12(8-13)11(2)20)14-9-25(22,23)10-15(14)24-17/h4,6-8,14-15H,3,5,9-10H2,1-2H3/t14-,15+/m1/s1. The van der Waals surface area contributed by atoms with Crippen molar-refractivity contribution in [1.29, 1.82) is 0 Å². The number of carbonyl (C=O) groups is 2. The lowest BCUT2D eigenvalue weighted by atomic mass is 10.1. The molecule has 8 heteroatoms. The predicted octanol–water partition coefficient (Wildman–Crippen LogP) is 2.29. The molecule has 134 valence electrons. The summed E-state index contributed by atoms with van der Waals surface area (Å²) in [6.07, 6.45) is 1.07. The minimum atomic E-state index is -3.10. The van der Waals surface area contributed by atoms with Crippen LogP contribution in [0.3, 0.4) is 0 Å². The van der Waals surface area contributed by atoms with Crippen LogP contribution in [-0.2, 0) is 14.6 Å². The van der Waals surface area contributed by atoms with Crippen LogP contribution in [0.4, 0.5) is 5.69 Å². The van der Waals surface area contributed by atoms with E-state index in [4.69, 9.17) is 0 Å². The molecule has 3 rings (SSSR count). The van der Waals surface area contributed by atoms with E-state index in [-0.39, 0.29) is 34.5 Å². The molecular formula is C17H20N2O4S2. The first-order valence-electron chi connectivity index (χ1n) is 8.19. The SMILES string of the molecule is CCCC(=O)N=C1S[C@H]2CS(=O)(=O)C[C@H]2N1c1cccc(C(C)=O)c1.